The van der Waals surface area contributed by atoms with Crippen molar-refractivity contribution in [1.82, 2.24) is 9.80 Å². The summed E-state index contributed by atoms with van der Waals surface area (Å²) in [5.74, 6) is 1.44. The van der Waals surface area contributed by atoms with E-state index in [4.69, 9.17) is 9.47 Å². The van der Waals surface area contributed by atoms with Crippen LogP contribution in [0.4, 0.5) is 10.1 Å². The molecule has 0 aromatic heterocycles. The minimum Gasteiger partial charge on any atom is -0.486 e. The van der Waals surface area contributed by atoms with E-state index in [-0.39, 0.29) is 11.7 Å². The summed E-state index contributed by atoms with van der Waals surface area (Å²) in [4.78, 5) is 18.8. The molecule has 4 rings (SSSR count). The number of anilines is 1. The molecule has 2 aliphatic heterocycles. The van der Waals surface area contributed by atoms with Crippen molar-refractivity contribution in [3.8, 4) is 11.5 Å². The fourth-order valence-electron chi connectivity index (χ4n) is 3.75. The Morgan fingerprint density at radius 1 is 1.00 bits per heavy atom. The predicted molar refractivity (Wildman–Crippen MR) is 109 cm³/mol. The molecule has 1 amide bonds. The van der Waals surface area contributed by atoms with Gasteiger partial charge in [0.25, 0.3) is 0 Å². The Bertz CT molecular complexity index is 851. The van der Waals surface area contributed by atoms with E-state index in [0.717, 1.165) is 35.8 Å². The van der Waals surface area contributed by atoms with Crippen LogP contribution in [0.5, 0.6) is 11.5 Å². The SMILES string of the molecule is CN(CC(=O)N1CCN(c2ccc(F)cc2)CC1)Cc1ccc2c(c1)OCCO2. The van der Waals surface area contributed by atoms with Gasteiger partial charge in [0.1, 0.15) is 19.0 Å². The average Bonchev–Trinajstić information content (AvgIpc) is 2.74. The molecule has 2 aromatic rings. The van der Waals surface area contributed by atoms with Gasteiger partial charge in [0, 0.05) is 38.4 Å². The molecule has 0 atom stereocenters. The first-order valence-corrected chi connectivity index (χ1v) is 9.94. The number of hydrogen-bond acceptors (Lipinski definition) is 5. The van der Waals surface area contributed by atoms with Gasteiger partial charge < -0.3 is 19.3 Å². The average molecular weight is 399 g/mol. The zero-order valence-electron chi connectivity index (χ0n) is 16.6. The van der Waals surface area contributed by atoms with Gasteiger partial charge in [-0.2, -0.15) is 0 Å². The van der Waals surface area contributed by atoms with Crippen LogP contribution in [0.1, 0.15) is 5.56 Å². The van der Waals surface area contributed by atoms with Crippen molar-refractivity contribution in [2.45, 2.75) is 6.54 Å². The highest BCUT2D eigenvalue weighted by molar-refractivity contribution is 5.78. The first-order valence-electron chi connectivity index (χ1n) is 9.94. The Hall–Kier alpha value is -2.80. The number of ether oxygens (including phenoxy) is 2. The molecule has 0 aliphatic carbocycles. The molecule has 0 spiro atoms. The number of carbonyl (C=O) groups excluding carboxylic acids is 1. The second-order valence-electron chi connectivity index (χ2n) is 7.49. The van der Waals surface area contributed by atoms with E-state index < -0.39 is 0 Å². The third-order valence-electron chi connectivity index (χ3n) is 5.29. The Labute approximate surface area is 170 Å². The first kappa shape index (κ1) is 19.5. The van der Waals surface area contributed by atoms with Crippen molar-refractivity contribution < 1.29 is 18.7 Å². The van der Waals surface area contributed by atoms with Gasteiger partial charge in [-0.25, -0.2) is 4.39 Å². The van der Waals surface area contributed by atoms with Crippen molar-refractivity contribution >= 4 is 11.6 Å². The Morgan fingerprint density at radius 2 is 1.69 bits per heavy atom. The van der Waals surface area contributed by atoms with Gasteiger partial charge in [0.05, 0.1) is 6.54 Å². The first-order chi connectivity index (χ1) is 14.1. The van der Waals surface area contributed by atoms with Crippen LogP contribution in [0.3, 0.4) is 0 Å². The molecule has 0 unspecified atom stereocenters. The van der Waals surface area contributed by atoms with Gasteiger partial charge >= 0.3 is 0 Å². The normalized spacial score (nSPS) is 16.2. The van der Waals surface area contributed by atoms with Crippen molar-refractivity contribution in [2.24, 2.45) is 0 Å². The molecule has 7 heteroatoms. The summed E-state index contributed by atoms with van der Waals surface area (Å²) >= 11 is 0. The van der Waals surface area contributed by atoms with Crippen LogP contribution < -0.4 is 14.4 Å². The summed E-state index contributed by atoms with van der Waals surface area (Å²) < 4.78 is 24.3. The fraction of sp³-hybridized carbons (Fsp3) is 0.409. The van der Waals surface area contributed by atoms with Crippen LogP contribution in [0.2, 0.25) is 0 Å². The fourth-order valence-corrected chi connectivity index (χ4v) is 3.75. The molecule has 0 radical (unpaired) electrons. The van der Waals surface area contributed by atoms with Crippen LogP contribution in [-0.4, -0.2) is 68.7 Å². The lowest BCUT2D eigenvalue weighted by Crippen LogP contribution is -2.51. The lowest BCUT2D eigenvalue weighted by Gasteiger charge is -2.36. The zero-order chi connectivity index (χ0) is 20.2. The molecule has 2 heterocycles. The summed E-state index contributed by atoms with van der Waals surface area (Å²) in [7, 11) is 1.95. The number of piperazine rings is 1. The number of benzene rings is 2. The lowest BCUT2D eigenvalue weighted by molar-refractivity contribution is -0.132. The number of hydrogen-bond donors (Lipinski definition) is 0. The number of fused-ring (bicyclic) bond motifs is 1. The second-order valence-corrected chi connectivity index (χ2v) is 7.49. The van der Waals surface area contributed by atoms with Crippen LogP contribution in [0, 0.1) is 5.82 Å². The molecule has 29 heavy (non-hydrogen) atoms. The second kappa shape index (κ2) is 8.69. The van der Waals surface area contributed by atoms with Gasteiger partial charge in [-0.3, -0.25) is 9.69 Å². The maximum atomic E-state index is 13.1. The van der Waals surface area contributed by atoms with Gasteiger partial charge in [-0.1, -0.05) is 6.07 Å². The summed E-state index contributed by atoms with van der Waals surface area (Å²) in [5.41, 5.74) is 2.08. The highest BCUT2D eigenvalue weighted by Gasteiger charge is 2.22. The molecule has 1 saturated heterocycles. The van der Waals surface area contributed by atoms with Gasteiger partial charge in [0.2, 0.25) is 5.91 Å². The maximum absolute atomic E-state index is 13.1. The predicted octanol–water partition coefficient (Wildman–Crippen LogP) is 2.38. The standard InChI is InChI=1S/C22H26FN3O3/c1-24(15-17-2-7-20-21(14-17)29-13-12-28-20)16-22(27)26-10-8-25(9-11-26)19-5-3-18(23)4-6-19/h2-7,14H,8-13,15-16H2,1H3. The van der Waals surface area contributed by atoms with Crippen molar-refractivity contribution in [3.05, 3.63) is 53.8 Å². The quantitative estimate of drug-likeness (QED) is 0.773. The third kappa shape index (κ3) is 4.79. The van der Waals surface area contributed by atoms with Crippen LogP contribution >= 0.6 is 0 Å². The van der Waals surface area contributed by atoms with Crippen molar-refractivity contribution in [1.29, 1.82) is 0 Å². The molecule has 154 valence electrons. The molecule has 1 fully saturated rings. The summed E-state index contributed by atoms with van der Waals surface area (Å²) in [5, 5.41) is 0. The lowest BCUT2D eigenvalue weighted by atomic mass is 10.2. The van der Waals surface area contributed by atoms with Gasteiger partial charge in [-0.05, 0) is 49.0 Å². The van der Waals surface area contributed by atoms with Crippen molar-refractivity contribution in [3.63, 3.8) is 0 Å². The van der Waals surface area contributed by atoms with E-state index in [9.17, 15) is 9.18 Å². The largest absolute Gasteiger partial charge is 0.486 e. The topological polar surface area (TPSA) is 45.3 Å². The summed E-state index contributed by atoms with van der Waals surface area (Å²) in [6, 6.07) is 12.4. The van der Waals surface area contributed by atoms with E-state index in [0.29, 0.717) is 39.4 Å². The number of carbonyl (C=O) groups is 1. The highest BCUT2D eigenvalue weighted by Crippen LogP contribution is 2.31. The minimum absolute atomic E-state index is 0.129. The molecule has 6 nitrogen and oxygen atoms in total. The summed E-state index contributed by atoms with van der Waals surface area (Å²) in [6.07, 6.45) is 0. The van der Waals surface area contributed by atoms with E-state index >= 15 is 0 Å². The molecular weight excluding hydrogens is 373 g/mol. The number of rotatable bonds is 5. The molecule has 0 bridgehead atoms. The van der Waals surface area contributed by atoms with Crippen LogP contribution in [-0.2, 0) is 11.3 Å². The zero-order valence-corrected chi connectivity index (χ0v) is 16.6. The van der Waals surface area contributed by atoms with E-state index in [2.05, 4.69) is 4.90 Å². The number of likely N-dealkylation sites (N-methyl/N-ethyl adjacent to an activating group) is 1. The van der Waals surface area contributed by atoms with E-state index in [1.807, 2.05) is 35.0 Å². The third-order valence-corrected chi connectivity index (χ3v) is 5.29. The minimum atomic E-state index is -0.233. The monoisotopic (exact) mass is 399 g/mol. The molecular formula is C22H26FN3O3. The van der Waals surface area contributed by atoms with Crippen molar-refractivity contribution in [2.75, 3.05) is 57.9 Å². The number of halogens is 1. The summed E-state index contributed by atoms with van der Waals surface area (Å²) in [6.45, 7) is 5.03. The molecule has 0 saturated carbocycles. The van der Waals surface area contributed by atoms with E-state index in [1.54, 1.807) is 12.1 Å². The Kier molecular flexibility index (Phi) is 5.85. The highest BCUT2D eigenvalue weighted by atomic mass is 19.1. The maximum Gasteiger partial charge on any atom is 0.236 e. The van der Waals surface area contributed by atoms with E-state index in [1.165, 1.54) is 12.1 Å². The molecule has 2 aliphatic rings. The van der Waals surface area contributed by atoms with Gasteiger partial charge in [0.15, 0.2) is 11.5 Å². The smallest absolute Gasteiger partial charge is 0.236 e. The number of amides is 1. The Balaban J connectivity index is 1.26. The molecule has 0 N–H and O–H groups in total. The number of nitrogens with zero attached hydrogens (tertiary/aromatic N) is 3. The molecule has 2 aromatic carbocycles. The van der Waals surface area contributed by atoms with Gasteiger partial charge in [-0.15, -0.1) is 0 Å². The Morgan fingerprint density at radius 3 is 2.41 bits per heavy atom. The van der Waals surface area contributed by atoms with Crippen LogP contribution in [0.15, 0.2) is 42.5 Å². The van der Waals surface area contributed by atoms with Crippen LogP contribution in [0.25, 0.3) is 0 Å².